The van der Waals surface area contributed by atoms with Crippen LogP contribution in [0.2, 0.25) is 0 Å². The van der Waals surface area contributed by atoms with Gasteiger partial charge in [0.15, 0.2) is 5.96 Å². The lowest BCUT2D eigenvalue weighted by atomic mass is 9.97. The van der Waals surface area contributed by atoms with Gasteiger partial charge in [0.2, 0.25) is 10.0 Å². The third-order valence-corrected chi connectivity index (χ3v) is 6.48. The highest BCUT2D eigenvalue weighted by molar-refractivity contribution is 7.89. The van der Waals surface area contributed by atoms with Gasteiger partial charge in [-0.1, -0.05) is 23.8 Å². The van der Waals surface area contributed by atoms with Crippen molar-refractivity contribution in [3.05, 3.63) is 41.5 Å². The number of sulfonamides is 1. The largest absolute Gasteiger partial charge is 0.356 e. The predicted molar refractivity (Wildman–Crippen MR) is 109 cm³/mol. The van der Waals surface area contributed by atoms with E-state index in [9.17, 15) is 8.42 Å². The lowest BCUT2D eigenvalue weighted by Gasteiger charge is -2.15. The minimum absolute atomic E-state index is 0.120. The van der Waals surface area contributed by atoms with Crippen LogP contribution in [0.1, 0.15) is 50.5 Å². The molecule has 0 heterocycles. The van der Waals surface area contributed by atoms with Crippen LogP contribution in [-0.4, -0.2) is 34.0 Å². The smallest absolute Gasteiger partial charge is 0.240 e. The first-order valence-electron chi connectivity index (χ1n) is 9.80. The average Bonchev–Trinajstić information content (AvgIpc) is 3.49. The van der Waals surface area contributed by atoms with Crippen LogP contribution in [0.5, 0.6) is 0 Å². The Labute approximate surface area is 162 Å². The van der Waals surface area contributed by atoms with Crippen LogP contribution >= 0.6 is 0 Å². The molecule has 3 rings (SSSR count). The lowest BCUT2D eigenvalue weighted by molar-refractivity contribution is 0.581. The van der Waals surface area contributed by atoms with E-state index in [1.807, 2.05) is 12.1 Å². The molecule has 0 aliphatic heterocycles. The number of rotatable bonds is 8. The molecule has 2 aliphatic carbocycles. The zero-order valence-electron chi connectivity index (χ0n) is 16.0. The van der Waals surface area contributed by atoms with Gasteiger partial charge in [0, 0.05) is 26.2 Å². The number of hydrogen-bond donors (Lipinski definition) is 3. The highest BCUT2D eigenvalue weighted by Gasteiger charge is 2.27. The summed E-state index contributed by atoms with van der Waals surface area (Å²) in [4.78, 5) is 4.57. The van der Waals surface area contributed by atoms with Gasteiger partial charge in [-0.15, -0.1) is 0 Å². The van der Waals surface area contributed by atoms with Crippen LogP contribution in [0.15, 0.2) is 45.8 Å². The van der Waals surface area contributed by atoms with Crippen molar-refractivity contribution >= 4 is 16.0 Å². The Bertz CT molecular complexity index is 781. The molecule has 0 unspecified atom stereocenters. The van der Waals surface area contributed by atoms with Gasteiger partial charge < -0.3 is 10.6 Å². The van der Waals surface area contributed by atoms with Crippen LogP contribution in [0, 0.1) is 0 Å². The average molecular weight is 391 g/mol. The van der Waals surface area contributed by atoms with Crippen molar-refractivity contribution in [1.29, 1.82) is 0 Å². The number of hydrogen-bond acceptors (Lipinski definition) is 3. The third-order valence-electron chi connectivity index (χ3n) is 4.94. The normalized spacial score (nSPS) is 18.1. The van der Waals surface area contributed by atoms with Crippen LogP contribution in [0.3, 0.4) is 0 Å². The molecular formula is C20H30N4O2S. The van der Waals surface area contributed by atoms with Gasteiger partial charge in [0.05, 0.1) is 4.90 Å². The molecule has 0 saturated heterocycles. The summed E-state index contributed by atoms with van der Waals surface area (Å²) < 4.78 is 27.1. The van der Waals surface area contributed by atoms with Gasteiger partial charge in [-0.3, -0.25) is 4.99 Å². The van der Waals surface area contributed by atoms with Gasteiger partial charge >= 0.3 is 0 Å². The van der Waals surface area contributed by atoms with E-state index in [-0.39, 0.29) is 6.04 Å². The number of nitrogens with one attached hydrogen (secondary N) is 3. The molecule has 0 radical (unpaired) electrons. The molecule has 7 heteroatoms. The van der Waals surface area contributed by atoms with Crippen LogP contribution in [0.4, 0.5) is 0 Å². The van der Waals surface area contributed by atoms with Crippen LogP contribution in [-0.2, 0) is 16.6 Å². The van der Waals surface area contributed by atoms with Crippen molar-refractivity contribution < 1.29 is 8.42 Å². The number of benzene rings is 1. The zero-order chi connectivity index (χ0) is 19.1. The van der Waals surface area contributed by atoms with E-state index in [1.54, 1.807) is 24.8 Å². The predicted octanol–water partition coefficient (Wildman–Crippen LogP) is 2.68. The SMILES string of the molecule is CN=C(NCCC1=CCCCC1)NCc1ccc(S(=O)(=O)NC2CC2)cc1. The second kappa shape index (κ2) is 9.37. The van der Waals surface area contributed by atoms with Crippen LogP contribution < -0.4 is 15.4 Å². The maximum atomic E-state index is 12.2. The maximum Gasteiger partial charge on any atom is 0.240 e. The van der Waals surface area contributed by atoms with Gasteiger partial charge in [0.25, 0.3) is 0 Å². The van der Waals surface area contributed by atoms with E-state index in [2.05, 4.69) is 26.4 Å². The van der Waals surface area contributed by atoms with Gasteiger partial charge in [-0.05, 0) is 62.6 Å². The minimum atomic E-state index is -3.38. The fourth-order valence-electron chi connectivity index (χ4n) is 3.15. The Morgan fingerprint density at radius 1 is 1.15 bits per heavy atom. The van der Waals surface area contributed by atoms with Gasteiger partial charge in [-0.25, -0.2) is 13.1 Å². The summed E-state index contributed by atoms with van der Waals surface area (Å²) in [6.45, 7) is 1.47. The van der Waals surface area contributed by atoms with Crippen molar-refractivity contribution in [1.82, 2.24) is 15.4 Å². The summed E-state index contributed by atoms with van der Waals surface area (Å²) in [7, 11) is -1.63. The molecular weight excluding hydrogens is 360 g/mol. The lowest BCUT2D eigenvalue weighted by Crippen LogP contribution is -2.37. The molecule has 0 spiro atoms. The van der Waals surface area contributed by atoms with E-state index in [4.69, 9.17) is 0 Å². The number of nitrogens with zero attached hydrogens (tertiary/aromatic N) is 1. The zero-order valence-corrected chi connectivity index (χ0v) is 16.8. The fourth-order valence-corrected chi connectivity index (χ4v) is 4.46. The highest BCUT2D eigenvalue weighted by Crippen LogP contribution is 2.22. The monoisotopic (exact) mass is 390 g/mol. The molecule has 2 aliphatic rings. The topological polar surface area (TPSA) is 82.6 Å². The van der Waals surface area contributed by atoms with Gasteiger partial charge in [0.1, 0.15) is 0 Å². The van der Waals surface area contributed by atoms with Gasteiger partial charge in [-0.2, -0.15) is 0 Å². The first-order chi connectivity index (χ1) is 13.1. The Morgan fingerprint density at radius 3 is 2.56 bits per heavy atom. The standard InChI is InChI=1S/C20H30N4O2S/c1-21-20(22-14-13-16-5-3-2-4-6-16)23-15-17-7-11-19(12-8-17)27(25,26)24-18-9-10-18/h5,7-8,11-12,18,24H,2-4,6,9-10,13-15H2,1H3,(H2,21,22,23). The molecule has 1 fully saturated rings. The summed E-state index contributed by atoms with van der Waals surface area (Å²) in [6, 6.07) is 7.12. The molecule has 27 heavy (non-hydrogen) atoms. The van der Waals surface area contributed by atoms with E-state index in [0.717, 1.165) is 37.3 Å². The third kappa shape index (κ3) is 6.36. The van der Waals surface area contributed by atoms with Crippen molar-refractivity contribution in [2.24, 2.45) is 4.99 Å². The Morgan fingerprint density at radius 2 is 1.93 bits per heavy atom. The molecule has 1 aromatic rings. The summed E-state index contributed by atoms with van der Waals surface area (Å²) in [5.41, 5.74) is 2.55. The summed E-state index contributed by atoms with van der Waals surface area (Å²) in [5.74, 6) is 0.763. The first-order valence-corrected chi connectivity index (χ1v) is 11.3. The van der Waals surface area contributed by atoms with E-state index in [1.165, 1.54) is 25.7 Å². The highest BCUT2D eigenvalue weighted by atomic mass is 32.2. The number of allylic oxidation sites excluding steroid dienone is 1. The quantitative estimate of drug-likeness (QED) is 0.362. The first kappa shape index (κ1) is 19.9. The molecule has 3 N–H and O–H groups in total. The second-order valence-corrected chi connectivity index (χ2v) is 8.96. The molecule has 0 aromatic heterocycles. The maximum absolute atomic E-state index is 12.2. The van der Waals surface area contributed by atoms with Crippen molar-refractivity contribution in [2.75, 3.05) is 13.6 Å². The van der Waals surface area contributed by atoms with E-state index >= 15 is 0 Å². The Hall–Kier alpha value is -1.86. The molecule has 1 saturated carbocycles. The summed E-state index contributed by atoms with van der Waals surface area (Å²) in [5, 5.41) is 6.62. The van der Waals surface area contributed by atoms with E-state index < -0.39 is 10.0 Å². The summed E-state index contributed by atoms with van der Waals surface area (Å²) in [6.07, 6.45) is 10.4. The molecule has 0 amide bonds. The van der Waals surface area contributed by atoms with E-state index in [0.29, 0.717) is 11.4 Å². The van der Waals surface area contributed by atoms with Crippen LogP contribution in [0.25, 0.3) is 0 Å². The summed E-state index contributed by atoms with van der Waals surface area (Å²) >= 11 is 0. The minimum Gasteiger partial charge on any atom is -0.356 e. The molecule has 0 bridgehead atoms. The van der Waals surface area contributed by atoms with Crippen molar-refractivity contribution in [3.63, 3.8) is 0 Å². The second-order valence-electron chi connectivity index (χ2n) is 7.25. The number of aliphatic imine (C=N–C) groups is 1. The van der Waals surface area contributed by atoms with Crippen molar-refractivity contribution in [3.8, 4) is 0 Å². The molecule has 148 valence electrons. The Kier molecular flexibility index (Phi) is 6.90. The molecule has 1 aromatic carbocycles. The molecule has 6 nitrogen and oxygen atoms in total. The van der Waals surface area contributed by atoms with Crippen molar-refractivity contribution in [2.45, 2.75) is 62.4 Å². The molecule has 0 atom stereocenters. The number of guanidine groups is 1. The fraction of sp³-hybridized carbons (Fsp3) is 0.550. The Balaban J connectivity index is 1.44.